The normalized spacial score (nSPS) is 11.9. The summed E-state index contributed by atoms with van der Waals surface area (Å²) in [6.07, 6.45) is 0.990. The Morgan fingerprint density at radius 3 is 2.14 bits per heavy atom. The minimum absolute atomic E-state index is 0.0366. The van der Waals surface area contributed by atoms with Crippen LogP contribution in [0, 0.1) is 6.92 Å². The Kier molecular flexibility index (Phi) is 11.0. The number of carbonyl (C=O) groups is 2. The number of amides is 2. The molecule has 0 fully saturated rings. The molecule has 0 aliphatic carbocycles. The van der Waals surface area contributed by atoms with Gasteiger partial charge in [-0.05, 0) is 54.8 Å². The number of hydrogen-bond acceptors (Lipinski definition) is 4. The van der Waals surface area contributed by atoms with E-state index in [1.165, 1.54) is 23.1 Å². The van der Waals surface area contributed by atoms with Crippen molar-refractivity contribution in [2.75, 3.05) is 17.4 Å². The van der Waals surface area contributed by atoms with Gasteiger partial charge >= 0.3 is 0 Å². The van der Waals surface area contributed by atoms with Gasteiger partial charge in [-0.2, -0.15) is 0 Å². The predicted molar refractivity (Wildman–Crippen MR) is 171 cm³/mol. The van der Waals surface area contributed by atoms with Crippen LogP contribution < -0.4 is 9.62 Å². The Morgan fingerprint density at radius 2 is 1.49 bits per heavy atom. The van der Waals surface area contributed by atoms with Gasteiger partial charge in [0.25, 0.3) is 10.0 Å². The molecule has 0 radical (unpaired) electrons. The van der Waals surface area contributed by atoms with E-state index < -0.39 is 28.5 Å². The molecular formula is C34H36ClN3O4S. The van der Waals surface area contributed by atoms with Crippen LogP contribution in [0.1, 0.15) is 30.0 Å². The molecule has 0 unspecified atom stereocenters. The Morgan fingerprint density at radius 1 is 0.837 bits per heavy atom. The van der Waals surface area contributed by atoms with Gasteiger partial charge in [-0.1, -0.05) is 103 Å². The van der Waals surface area contributed by atoms with Crippen LogP contribution in [0.25, 0.3) is 0 Å². The number of hydrogen-bond donors (Lipinski definition) is 1. The summed E-state index contributed by atoms with van der Waals surface area (Å²) in [5, 5.41) is 3.28. The molecule has 0 saturated heterocycles. The number of carbonyl (C=O) groups excluding carboxylic acids is 2. The second-order valence-corrected chi connectivity index (χ2v) is 12.6. The molecule has 4 rings (SSSR count). The first kappa shape index (κ1) is 31.8. The van der Waals surface area contributed by atoms with Crippen LogP contribution in [0.4, 0.5) is 5.69 Å². The molecule has 224 valence electrons. The topological polar surface area (TPSA) is 86.8 Å². The number of halogens is 1. The number of nitrogens with one attached hydrogen (secondary N) is 1. The van der Waals surface area contributed by atoms with E-state index in [9.17, 15) is 18.0 Å². The fourth-order valence-electron chi connectivity index (χ4n) is 4.81. The summed E-state index contributed by atoms with van der Waals surface area (Å²) in [5.41, 5.74) is 2.96. The average Bonchev–Trinajstić information content (AvgIpc) is 3.01. The molecule has 0 aliphatic rings. The summed E-state index contributed by atoms with van der Waals surface area (Å²) in [5.74, 6) is -0.819. The summed E-state index contributed by atoms with van der Waals surface area (Å²) in [7, 11) is -4.17. The molecule has 9 heteroatoms. The zero-order valence-corrected chi connectivity index (χ0v) is 25.9. The third-order valence-corrected chi connectivity index (χ3v) is 8.99. The molecule has 1 atom stereocenters. The summed E-state index contributed by atoms with van der Waals surface area (Å²) in [6.45, 7) is 3.95. The molecule has 0 heterocycles. The van der Waals surface area contributed by atoms with Crippen LogP contribution in [-0.2, 0) is 32.6 Å². The third kappa shape index (κ3) is 8.46. The fourth-order valence-corrected chi connectivity index (χ4v) is 6.42. The highest BCUT2D eigenvalue weighted by Gasteiger charge is 2.34. The van der Waals surface area contributed by atoms with E-state index in [4.69, 9.17) is 11.6 Å². The molecule has 0 spiro atoms. The number of anilines is 1. The van der Waals surface area contributed by atoms with Gasteiger partial charge in [0, 0.05) is 24.5 Å². The van der Waals surface area contributed by atoms with E-state index in [0.717, 1.165) is 27.4 Å². The first-order valence-corrected chi connectivity index (χ1v) is 16.0. The maximum atomic E-state index is 14.4. The van der Waals surface area contributed by atoms with Gasteiger partial charge in [0.05, 0.1) is 10.6 Å². The van der Waals surface area contributed by atoms with E-state index in [0.29, 0.717) is 11.6 Å². The number of aryl methyl sites for hydroxylation is 1. The van der Waals surface area contributed by atoms with Crippen LogP contribution in [0.15, 0.2) is 114 Å². The lowest BCUT2D eigenvalue weighted by molar-refractivity contribution is -0.140. The van der Waals surface area contributed by atoms with Crippen molar-refractivity contribution in [3.05, 3.63) is 131 Å². The lowest BCUT2D eigenvalue weighted by Crippen LogP contribution is -2.53. The summed E-state index contributed by atoms with van der Waals surface area (Å²) in [4.78, 5) is 29.6. The maximum Gasteiger partial charge on any atom is 0.264 e. The number of nitrogens with zero attached hydrogens (tertiary/aromatic N) is 2. The summed E-state index contributed by atoms with van der Waals surface area (Å²) >= 11 is 6.27. The van der Waals surface area contributed by atoms with Crippen molar-refractivity contribution in [1.82, 2.24) is 10.2 Å². The van der Waals surface area contributed by atoms with Crippen LogP contribution in [0.2, 0.25) is 5.02 Å². The minimum atomic E-state index is -4.17. The van der Waals surface area contributed by atoms with Crippen molar-refractivity contribution in [1.29, 1.82) is 0 Å². The van der Waals surface area contributed by atoms with Gasteiger partial charge in [-0.15, -0.1) is 0 Å². The number of rotatable bonds is 13. The van der Waals surface area contributed by atoms with Crippen molar-refractivity contribution < 1.29 is 18.0 Å². The van der Waals surface area contributed by atoms with E-state index >= 15 is 0 Å². The minimum Gasteiger partial charge on any atom is -0.354 e. The van der Waals surface area contributed by atoms with E-state index in [-0.39, 0.29) is 29.5 Å². The van der Waals surface area contributed by atoms with Gasteiger partial charge in [0.1, 0.15) is 12.6 Å². The maximum absolute atomic E-state index is 14.4. The van der Waals surface area contributed by atoms with Crippen molar-refractivity contribution in [3.8, 4) is 0 Å². The Labute approximate surface area is 259 Å². The van der Waals surface area contributed by atoms with Crippen LogP contribution in [0.3, 0.4) is 0 Å². The van der Waals surface area contributed by atoms with Crippen molar-refractivity contribution >= 4 is 39.1 Å². The highest BCUT2D eigenvalue weighted by atomic mass is 35.5. The van der Waals surface area contributed by atoms with Gasteiger partial charge < -0.3 is 10.2 Å². The smallest absolute Gasteiger partial charge is 0.264 e. The SMILES string of the molecule is CCCNC(=O)[C@H](Cc1ccccc1)N(Cc1cccc(C)c1)C(=O)CN(c1cccc(Cl)c1)S(=O)(=O)c1ccccc1. The first-order chi connectivity index (χ1) is 20.7. The zero-order chi connectivity index (χ0) is 30.8. The van der Waals surface area contributed by atoms with Crippen LogP contribution >= 0.6 is 11.6 Å². The molecular weight excluding hydrogens is 582 g/mol. The van der Waals surface area contributed by atoms with Crippen LogP contribution in [0.5, 0.6) is 0 Å². The molecule has 4 aromatic carbocycles. The van der Waals surface area contributed by atoms with Gasteiger partial charge in [-0.25, -0.2) is 8.42 Å². The molecule has 0 saturated carbocycles. The molecule has 2 amide bonds. The first-order valence-electron chi connectivity index (χ1n) is 14.2. The van der Waals surface area contributed by atoms with Crippen molar-refractivity contribution in [2.24, 2.45) is 0 Å². The van der Waals surface area contributed by atoms with Crippen molar-refractivity contribution in [3.63, 3.8) is 0 Å². The van der Waals surface area contributed by atoms with Gasteiger partial charge in [0.15, 0.2) is 0 Å². The number of sulfonamides is 1. The molecule has 4 aromatic rings. The van der Waals surface area contributed by atoms with Gasteiger partial charge in [-0.3, -0.25) is 13.9 Å². The molecule has 1 N–H and O–H groups in total. The summed E-state index contributed by atoms with van der Waals surface area (Å²) < 4.78 is 29.0. The molecule has 7 nitrogen and oxygen atoms in total. The molecule has 0 bridgehead atoms. The lowest BCUT2D eigenvalue weighted by Gasteiger charge is -2.34. The quantitative estimate of drug-likeness (QED) is 0.199. The number of benzene rings is 4. The Bertz CT molecular complexity index is 1630. The second-order valence-electron chi connectivity index (χ2n) is 10.3. The predicted octanol–water partition coefficient (Wildman–Crippen LogP) is 6.01. The zero-order valence-electron chi connectivity index (χ0n) is 24.3. The van der Waals surface area contributed by atoms with Crippen LogP contribution in [-0.4, -0.2) is 44.3 Å². The second kappa shape index (κ2) is 14.8. The summed E-state index contributed by atoms with van der Waals surface area (Å²) in [6, 6.07) is 30.6. The Hall–Kier alpha value is -4.14. The highest BCUT2D eigenvalue weighted by Crippen LogP contribution is 2.27. The van der Waals surface area contributed by atoms with Crippen molar-refractivity contribution in [2.45, 2.75) is 44.2 Å². The lowest BCUT2D eigenvalue weighted by atomic mass is 10.0. The fraction of sp³-hybridized carbons (Fsp3) is 0.235. The largest absolute Gasteiger partial charge is 0.354 e. The van der Waals surface area contributed by atoms with E-state index in [2.05, 4.69) is 5.32 Å². The molecule has 43 heavy (non-hydrogen) atoms. The van der Waals surface area contributed by atoms with E-state index in [1.807, 2.05) is 68.4 Å². The highest BCUT2D eigenvalue weighted by molar-refractivity contribution is 7.92. The van der Waals surface area contributed by atoms with Gasteiger partial charge in [0.2, 0.25) is 11.8 Å². The standard InChI is InChI=1S/C34H36ClN3O4S/c1-3-20-36-34(40)32(22-27-13-6-4-7-14-27)37(24-28-15-10-12-26(2)21-28)33(39)25-38(30-17-11-16-29(35)23-30)43(41,42)31-18-8-5-9-19-31/h4-19,21,23,32H,3,20,22,24-25H2,1-2H3,(H,36,40)/t32-/m0/s1. The monoisotopic (exact) mass is 617 g/mol. The molecule has 0 aliphatic heterocycles. The molecule has 0 aromatic heterocycles. The Balaban J connectivity index is 1.79. The average molecular weight is 618 g/mol. The third-order valence-electron chi connectivity index (χ3n) is 6.96. The van der Waals surface area contributed by atoms with E-state index in [1.54, 1.807) is 36.4 Å².